The highest BCUT2D eigenvalue weighted by Crippen LogP contribution is 2.43. The molecule has 0 atom stereocenters. The lowest BCUT2D eigenvalue weighted by atomic mass is 9.67. The molecule has 3 N–H and O–H groups in total. The van der Waals surface area contributed by atoms with Crippen molar-refractivity contribution in [3.05, 3.63) is 28.7 Å². The van der Waals surface area contributed by atoms with E-state index in [0.717, 1.165) is 35.8 Å². The number of hydrogen-bond donors (Lipinski definition) is 2. The molecule has 1 aromatic rings. The highest BCUT2D eigenvalue weighted by atomic mass is 79.9. The van der Waals surface area contributed by atoms with Crippen LogP contribution in [0.1, 0.15) is 46.5 Å². The van der Waals surface area contributed by atoms with E-state index >= 15 is 0 Å². The molecule has 1 saturated carbocycles. The van der Waals surface area contributed by atoms with Crippen LogP contribution in [-0.4, -0.2) is 11.4 Å². The van der Waals surface area contributed by atoms with Gasteiger partial charge >= 0.3 is 0 Å². The first-order valence-electron chi connectivity index (χ1n) is 7.57. The van der Waals surface area contributed by atoms with Crippen molar-refractivity contribution in [1.82, 2.24) is 0 Å². The van der Waals surface area contributed by atoms with Crippen molar-refractivity contribution >= 4 is 27.5 Å². The predicted octanol–water partition coefficient (Wildman–Crippen LogP) is 4.32. The smallest absolute Gasteiger partial charge is 0.243 e. The zero-order valence-electron chi connectivity index (χ0n) is 13.1. The summed E-state index contributed by atoms with van der Waals surface area (Å²) in [6, 6.07) is 7.87. The van der Waals surface area contributed by atoms with Gasteiger partial charge in [0.05, 0.1) is 0 Å². The highest BCUT2D eigenvalue weighted by molar-refractivity contribution is 9.10. The van der Waals surface area contributed by atoms with E-state index in [1.165, 1.54) is 0 Å². The van der Waals surface area contributed by atoms with Gasteiger partial charge in [0.15, 0.2) is 0 Å². The number of anilines is 1. The van der Waals surface area contributed by atoms with Crippen molar-refractivity contribution < 1.29 is 4.79 Å². The average Bonchev–Trinajstić information content (AvgIpc) is 2.41. The van der Waals surface area contributed by atoms with Crippen molar-refractivity contribution in [2.75, 3.05) is 5.32 Å². The fraction of sp³-hybridized carbons (Fsp3) is 0.588. The van der Waals surface area contributed by atoms with Crippen LogP contribution in [-0.2, 0) is 4.79 Å². The van der Waals surface area contributed by atoms with Gasteiger partial charge in [0.1, 0.15) is 5.54 Å². The average molecular weight is 353 g/mol. The molecule has 0 radical (unpaired) electrons. The largest absolute Gasteiger partial charge is 0.370 e. The Morgan fingerprint density at radius 1 is 1.29 bits per heavy atom. The number of para-hydroxylation sites is 1. The van der Waals surface area contributed by atoms with Crippen LogP contribution >= 0.6 is 15.9 Å². The van der Waals surface area contributed by atoms with Crippen LogP contribution < -0.4 is 11.1 Å². The lowest BCUT2D eigenvalue weighted by Crippen LogP contribution is -2.53. The molecule has 4 heteroatoms. The van der Waals surface area contributed by atoms with Gasteiger partial charge in [-0.2, -0.15) is 0 Å². The van der Waals surface area contributed by atoms with Crippen LogP contribution in [0, 0.1) is 11.3 Å². The van der Waals surface area contributed by atoms with Gasteiger partial charge in [-0.15, -0.1) is 0 Å². The summed E-state index contributed by atoms with van der Waals surface area (Å²) in [6.45, 7) is 6.82. The van der Waals surface area contributed by atoms with Crippen LogP contribution in [0.2, 0.25) is 0 Å². The zero-order chi connectivity index (χ0) is 15.7. The Morgan fingerprint density at radius 2 is 1.86 bits per heavy atom. The van der Waals surface area contributed by atoms with Crippen molar-refractivity contribution in [1.29, 1.82) is 0 Å². The first-order chi connectivity index (χ1) is 9.74. The van der Waals surface area contributed by atoms with Gasteiger partial charge in [0, 0.05) is 10.2 Å². The second-order valence-corrected chi connectivity index (χ2v) is 8.05. The Kier molecular flexibility index (Phi) is 4.66. The van der Waals surface area contributed by atoms with Crippen LogP contribution in [0.15, 0.2) is 28.7 Å². The maximum absolute atomic E-state index is 12.1. The maximum Gasteiger partial charge on any atom is 0.243 e. The van der Waals surface area contributed by atoms with Crippen LogP contribution in [0.25, 0.3) is 0 Å². The van der Waals surface area contributed by atoms with Crippen molar-refractivity contribution in [2.45, 2.75) is 52.0 Å². The number of rotatable bonds is 3. The first kappa shape index (κ1) is 16.3. The summed E-state index contributed by atoms with van der Waals surface area (Å²) >= 11 is 3.53. The summed E-state index contributed by atoms with van der Waals surface area (Å²) in [6.07, 6.45) is 3.66. The van der Waals surface area contributed by atoms with Gasteiger partial charge < -0.3 is 11.1 Å². The molecule has 0 aliphatic heterocycles. The van der Waals surface area contributed by atoms with E-state index < -0.39 is 5.54 Å². The number of carbonyl (C=O) groups is 1. The summed E-state index contributed by atoms with van der Waals surface area (Å²) in [5, 5.41) is 3.41. The minimum Gasteiger partial charge on any atom is -0.370 e. The molecule has 0 unspecified atom stereocenters. The lowest BCUT2D eigenvalue weighted by Gasteiger charge is -2.43. The molecular weight excluding hydrogens is 328 g/mol. The molecule has 1 aliphatic rings. The molecule has 21 heavy (non-hydrogen) atoms. The minimum absolute atomic E-state index is 0.245. The third kappa shape index (κ3) is 3.60. The standard InChI is InChI=1S/C17H25BrN2O/c1-16(2,3)12-8-10-17(11-9-12,15(19)21)20-14-7-5-4-6-13(14)18/h4-7,12,20H,8-11H2,1-3H3,(H2,19,21). The molecule has 0 spiro atoms. The molecule has 1 fully saturated rings. The topological polar surface area (TPSA) is 55.1 Å². The summed E-state index contributed by atoms with van der Waals surface area (Å²) in [5.74, 6) is 0.400. The van der Waals surface area contributed by atoms with Gasteiger partial charge in [-0.3, -0.25) is 4.79 Å². The van der Waals surface area contributed by atoms with E-state index in [0.29, 0.717) is 5.92 Å². The number of halogens is 1. The van der Waals surface area contributed by atoms with Gasteiger partial charge in [0.2, 0.25) is 5.91 Å². The van der Waals surface area contributed by atoms with E-state index in [4.69, 9.17) is 5.73 Å². The van der Waals surface area contributed by atoms with Gasteiger partial charge in [-0.05, 0) is 65.1 Å². The van der Waals surface area contributed by atoms with Crippen molar-refractivity contribution in [3.8, 4) is 0 Å². The molecule has 1 aromatic carbocycles. The highest BCUT2D eigenvalue weighted by Gasteiger charge is 2.43. The van der Waals surface area contributed by atoms with E-state index in [1.807, 2.05) is 24.3 Å². The predicted molar refractivity (Wildman–Crippen MR) is 91.1 cm³/mol. The zero-order valence-corrected chi connectivity index (χ0v) is 14.7. The maximum atomic E-state index is 12.1. The minimum atomic E-state index is -0.619. The lowest BCUT2D eigenvalue weighted by molar-refractivity contribution is -0.123. The van der Waals surface area contributed by atoms with E-state index in [2.05, 4.69) is 42.0 Å². The fourth-order valence-electron chi connectivity index (χ4n) is 3.23. The number of benzene rings is 1. The Hall–Kier alpha value is -1.03. The quantitative estimate of drug-likeness (QED) is 0.850. The summed E-state index contributed by atoms with van der Waals surface area (Å²) in [7, 11) is 0. The molecule has 0 aromatic heterocycles. The Bertz CT molecular complexity index is 514. The number of nitrogens with one attached hydrogen (secondary N) is 1. The number of hydrogen-bond acceptors (Lipinski definition) is 2. The Morgan fingerprint density at radius 3 is 2.33 bits per heavy atom. The van der Waals surface area contributed by atoms with E-state index in [-0.39, 0.29) is 11.3 Å². The molecule has 0 saturated heterocycles. The molecule has 0 heterocycles. The number of nitrogens with two attached hydrogens (primary N) is 1. The van der Waals surface area contributed by atoms with Crippen LogP contribution in [0.4, 0.5) is 5.69 Å². The first-order valence-corrected chi connectivity index (χ1v) is 8.36. The summed E-state index contributed by atoms with van der Waals surface area (Å²) in [4.78, 5) is 12.1. The van der Waals surface area contributed by atoms with Crippen molar-refractivity contribution in [2.24, 2.45) is 17.1 Å². The fourth-order valence-corrected chi connectivity index (χ4v) is 3.61. The van der Waals surface area contributed by atoms with Gasteiger partial charge in [-0.25, -0.2) is 0 Å². The monoisotopic (exact) mass is 352 g/mol. The normalized spacial score (nSPS) is 26.4. The number of amides is 1. The second kappa shape index (κ2) is 5.99. The third-order valence-electron chi connectivity index (χ3n) is 4.78. The molecule has 0 bridgehead atoms. The molecule has 1 amide bonds. The van der Waals surface area contributed by atoms with E-state index in [1.54, 1.807) is 0 Å². The molecule has 1 aliphatic carbocycles. The molecular formula is C17H25BrN2O. The second-order valence-electron chi connectivity index (χ2n) is 7.19. The number of carbonyl (C=O) groups excluding carboxylic acids is 1. The van der Waals surface area contributed by atoms with Gasteiger partial charge in [-0.1, -0.05) is 32.9 Å². The molecule has 116 valence electrons. The Labute approximate surface area is 135 Å². The molecule has 2 rings (SSSR count). The Balaban J connectivity index is 2.17. The van der Waals surface area contributed by atoms with E-state index in [9.17, 15) is 4.79 Å². The third-order valence-corrected chi connectivity index (χ3v) is 5.47. The van der Waals surface area contributed by atoms with Crippen molar-refractivity contribution in [3.63, 3.8) is 0 Å². The summed E-state index contributed by atoms with van der Waals surface area (Å²) in [5.41, 5.74) is 6.34. The summed E-state index contributed by atoms with van der Waals surface area (Å²) < 4.78 is 0.962. The van der Waals surface area contributed by atoms with Gasteiger partial charge in [0.25, 0.3) is 0 Å². The molecule has 3 nitrogen and oxygen atoms in total. The van der Waals surface area contributed by atoms with Crippen LogP contribution in [0.3, 0.4) is 0 Å². The number of primary amides is 1. The SMILES string of the molecule is CC(C)(C)C1CCC(Nc2ccccc2Br)(C(N)=O)CC1. The van der Waals surface area contributed by atoms with Crippen LogP contribution in [0.5, 0.6) is 0 Å².